The second-order valence-corrected chi connectivity index (χ2v) is 6.33. The lowest BCUT2D eigenvalue weighted by Gasteiger charge is -2.11. The zero-order chi connectivity index (χ0) is 20.1. The van der Waals surface area contributed by atoms with E-state index in [9.17, 15) is 4.79 Å². The fraction of sp³-hybridized carbons (Fsp3) is 0.150. The second kappa shape index (κ2) is 8.58. The van der Waals surface area contributed by atoms with Crippen LogP contribution in [0.1, 0.15) is 16.1 Å². The summed E-state index contributed by atoms with van der Waals surface area (Å²) in [5.74, 6) is 1.22. The van der Waals surface area contributed by atoms with E-state index < -0.39 is 0 Å². The van der Waals surface area contributed by atoms with Gasteiger partial charge in [0.2, 0.25) is 0 Å². The highest BCUT2D eigenvalue weighted by Crippen LogP contribution is 2.30. The lowest BCUT2D eigenvalue weighted by Crippen LogP contribution is -2.14. The molecule has 0 aliphatic heterocycles. The van der Waals surface area contributed by atoms with Gasteiger partial charge >= 0.3 is 0 Å². The third-order valence-corrected chi connectivity index (χ3v) is 4.22. The van der Waals surface area contributed by atoms with Crippen molar-refractivity contribution >= 4 is 34.7 Å². The summed E-state index contributed by atoms with van der Waals surface area (Å²) in [6, 6.07) is 10.6. The first-order chi connectivity index (χ1) is 13.5. The highest BCUT2D eigenvalue weighted by atomic mass is 35.5. The van der Waals surface area contributed by atoms with Crippen LogP contribution in [0.2, 0.25) is 5.02 Å². The fourth-order valence-electron chi connectivity index (χ4n) is 2.49. The Balaban J connectivity index is 1.71. The molecular formula is C20H19ClN4O3. The number of hydrogen-bond donors (Lipinski definition) is 2. The van der Waals surface area contributed by atoms with E-state index >= 15 is 0 Å². The summed E-state index contributed by atoms with van der Waals surface area (Å²) < 4.78 is 10.4. The van der Waals surface area contributed by atoms with E-state index in [0.717, 1.165) is 11.3 Å². The molecule has 0 radical (unpaired) electrons. The largest absolute Gasteiger partial charge is 0.493 e. The highest BCUT2D eigenvalue weighted by molar-refractivity contribution is 6.30. The average molecular weight is 399 g/mol. The molecule has 3 aromatic rings. The van der Waals surface area contributed by atoms with Crippen molar-refractivity contribution in [3.8, 4) is 11.5 Å². The predicted molar refractivity (Wildman–Crippen MR) is 109 cm³/mol. The van der Waals surface area contributed by atoms with Gasteiger partial charge in [0.05, 0.1) is 26.6 Å². The van der Waals surface area contributed by atoms with E-state index in [0.29, 0.717) is 28.0 Å². The molecule has 144 valence electrons. The Morgan fingerprint density at radius 2 is 1.79 bits per heavy atom. The first kappa shape index (κ1) is 19.4. The molecule has 8 heteroatoms. The van der Waals surface area contributed by atoms with Crippen LogP contribution in [0.5, 0.6) is 11.5 Å². The molecule has 2 N–H and O–H groups in total. The van der Waals surface area contributed by atoms with Gasteiger partial charge in [-0.25, -0.2) is 9.97 Å². The maximum atomic E-state index is 12.4. The predicted octanol–water partition coefficient (Wildman–Crippen LogP) is 4.45. The number of rotatable bonds is 6. The van der Waals surface area contributed by atoms with Gasteiger partial charge in [0.1, 0.15) is 11.5 Å². The van der Waals surface area contributed by atoms with Gasteiger partial charge in [-0.15, -0.1) is 0 Å². The Morgan fingerprint density at radius 1 is 1.00 bits per heavy atom. The number of nitrogens with one attached hydrogen (secondary N) is 2. The number of carbonyl (C=O) groups excluding carboxylic acids is 1. The normalized spacial score (nSPS) is 10.3. The summed E-state index contributed by atoms with van der Waals surface area (Å²) in [5.41, 5.74) is 2.58. The van der Waals surface area contributed by atoms with Crippen molar-refractivity contribution in [3.63, 3.8) is 0 Å². The van der Waals surface area contributed by atoms with Crippen molar-refractivity contribution in [1.82, 2.24) is 9.97 Å². The molecule has 0 aliphatic carbocycles. The van der Waals surface area contributed by atoms with Crippen molar-refractivity contribution in [2.45, 2.75) is 6.92 Å². The smallest absolute Gasteiger partial charge is 0.275 e. The van der Waals surface area contributed by atoms with Gasteiger partial charge < -0.3 is 20.1 Å². The molecule has 0 aliphatic rings. The molecule has 7 nitrogen and oxygen atoms in total. The van der Waals surface area contributed by atoms with Gasteiger partial charge in [-0.05, 0) is 36.8 Å². The van der Waals surface area contributed by atoms with Crippen LogP contribution in [-0.4, -0.2) is 30.1 Å². The third-order valence-electron chi connectivity index (χ3n) is 3.99. The number of aromatic nitrogens is 2. The summed E-state index contributed by atoms with van der Waals surface area (Å²) in [6.45, 7) is 1.96. The Labute approximate surface area is 167 Å². The summed E-state index contributed by atoms with van der Waals surface area (Å²) in [4.78, 5) is 20.8. The number of methoxy groups -OCH3 is 2. The summed E-state index contributed by atoms with van der Waals surface area (Å²) in [7, 11) is 3.08. The lowest BCUT2D eigenvalue weighted by molar-refractivity contribution is 0.102. The minimum absolute atomic E-state index is 0.183. The highest BCUT2D eigenvalue weighted by Gasteiger charge is 2.11. The molecule has 1 heterocycles. The molecule has 0 bridgehead atoms. The van der Waals surface area contributed by atoms with E-state index in [2.05, 4.69) is 20.6 Å². The Bertz CT molecular complexity index is 993. The standard InChI is InChI=1S/C20H19ClN4O3/c1-12-4-5-13(21)8-15(12)25-19-11-22-16(10-23-19)20(26)24-14-6-7-17(27-2)18(9-14)28-3/h4-11H,1-3H3,(H,23,25)(H,24,26). The van der Waals surface area contributed by atoms with Crippen molar-refractivity contribution in [2.75, 3.05) is 24.9 Å². The summed E-state index contributed by atoms with van der Waals surface area (Å²) in [5, 5.41) is 6.51. The summed E-state index contributed by atoms with van der Waals surface area (Å²) in [6.07, 6.45) is 2.89. The fourth-order valence-corrected chi connectivity index (χ4v) is 2.66. The molecule has 2 aromatic carbocycles. The van der Waals surface area contributed by atoms with Crippen LogP contribution in [-0.2, 0) is 0 Å². The topological polar surface area (TPSA) is 85.4 Å². The number of aryl methyl sites for hydroxylation is 1. The van der Waals surface area contributed by atoms with E-state index in [1.165, 1.54) is 19.5 Å². The van der Waals surface area contributed by atoms with E-state index in [1.54, 1.807) is 31.4 Å². The quantitative estimate of drug-likeness (QED) is 0.638. The van der Waals surface area contributed by atoms with Crippen LogP contribution in [0.25, 0.3) is 0 Å². The number of carbonyl (C=O) groups is 1. The van der Waals surface area contributed by atoms with Gasteiger partial charge in [-0.1, -0.05) is 17.7 Å². The van der Waals surface area contributed by atoms with Crippen molar-refractivity contribution in [3.05, 3.63) is 65.1 Å². The van der Waals surface area contributed by atoms with Crippen LogP contribution in [0.3, 0.4) is 0 Å². The lowest BCUT2D eigenvalue weighted by atomic mass is 10.2. The van der Waals surface area contributed by atoms with Crippen molar-refractivity contribution < 1.29 is 14.3 Å². The molecule has 0 unspecified atom stereocenters. The van der Waals surface area contributed by atoms with E-state index in [4.69, 9.17) is 21.1 Å². The monoisotopic (exact) mass is 398 g/mol. The maximum absolute atomic E-state index is 12.4. The Morgan fingerprint density at radius 3 is 2.46 bits per heavy atom. The van der Waals surface area contributed by atoms with Crippen LogP contribution in [0.4, 0.5) is 17.2 Å². The molecular weight excluding hydrogens is 380 g/mol. The molecule has 1 amide bonds. The number of hydrogen-bond acceptors (Lipinski definition) is 6. The van der Waals surface area contributed by atoms with Gasteiger partial charge in [-0.2, -0.15) is 0 Å². The molecule has 0 saturated heterocycles. The van der Waals surface area contributed by atoms with Crippen LogP contribution < -0.4 is 20.1 Å². The van der Waals surface area contributed by atoms with Crippen molar-refractivity contribution in [2.24, 2.45) is 0 Å². The number of ether oxygens (including phenoxy) is 2. The van der Waals surface area contributed by atoms with Crippen molar-refractivity contribution in [1.29, 1.82) is 0 Å². The van der Waals surface area contributed by atoms with Gasteiger partial charge in [-0.3, -0.25) is 4.79 Å². The zero-order valence-electron chi connectivity index (χ0n) is 15.6. The van der Waals surface area contributed by atoms with Crippen LogP contribution in [0.15, 0.2) is 48.8 Å². The Kier molecular flexibility index (Phi) is 5.96. The van der Waals surface area contributed by atoms with Gasteiger partial charge in [0.15, 0.2) is 11.5 Å². The van der Waals surface area contributed by atoms with Gasteiger partial charge in [0, 0.05) is 22.5 Å². The third kappa shape index (κ3) is 4.50. The minimum atomic E-state index is -0.384. The first-order valence-electron chi connectivity index (χ1n) is 8.38. The molecule has 1 aromatic heterocycles. The minimum Gasteiger partial charge on any atom is -0.493 e. The maximum Gasteiger partial charge on any atom is 0.275 e. The number of halogens is 1. The van der Waals surface area contributed by atoms with E-state index in [-0.39, 0.29) is 11.6 Å². The Hall–Kier alpha value is -3.32. The number of benzene rings is 2. The van der Waals surface area contributed by atoms with Crippen LogP contribution >= 0.6 is 11.6 Å². The number of amides is 1. The second-order valence-electron chi connectivity index (χ2n) is 5.90. The number of anilines is 3. The molecule has 0 atom stereocenters. The summed E-state index contributed by atoms with van der Waals surface area (Å²) >= 11 is 6.02. The molecule has 0 saturated carbocycles. The van der Waals surface area contributed by atoms with E-state index in [1.807, 2.05) is 19.1 Å². The molecule has 3 rings (SSSR count). The van der Waals surface area contributed by atoms with Gasteiger partial charge in [0.25, 0.3) is 5.91 Å². The molecule has 0 fully saturated rings. The first-order valence-corrected chi connectivity index (χ1v) is 8.76. The van der Waals surface area contributed by atoms with Crippen LogP contribution in [0, 0.1) is 6.92 Å². The zero-order valence-corrected chi connectivity index (χ0v) is 16.4. The number of nitrogens with zero attached hydrogens (tertiary/aromatic N) is 2. The SMILES string of the molecule is COc1ccc(NC(=O)c2cnc(Nc3cc(Cl)ccc3C)cn2)cc1OC. The molecule has 0 spiro atoms. The average Bonchev–Trinajstić information content (AvgIpc) is 2.71. The molecule has 28 heavy (non-hydrogen) atoms.